The maximum atomic E-state index is 3.45. The Balaban J connectivity index is 1.92. The predicted molar refractivity (Wildman–Crippen MR) is 40.5 cm³/mol. The highest BCUT2D eigenvalue weighted by atomic mass is 15.1. The van der Waals surface area contributed by atoms with Crippen LogP contribution in [-0.4, -0.2) is 12.1 Å². The van der Waals surface area contributed by atoms with E-state index in [1.807, 2.05) is 0 Å². The van der Waals surface area contributed by atoms with Crippen molar-refractivity contribution in [2.75, 3.05) is 0 Å². The lowest BCUT2D eigenvalue weighted by Gasteiger charge is -1.91. The van der Waals surface area contributed by atoms with Gasteiger partial charge in [-0.05, 0) is 12.8 Å². The molecule has 1 heterocycles. The summed E-state index contributed by atoms with van der Waals surface area (Å²) in [4.78, 5) is 0. The Morgan fingerprint density at radius 3 is 2.44 bits per heavy atom. The van der Waals surface area contributed by atoms with Gasteiger partial charge in [-0.1, -0.05) is 26.7 Å². The lowest BCUT2D eigenvalue weighted by atomic mass is 10.1. The molecule has 1 rings (SSSR count). The molecule has 2 unspecified atom stereocenters. The third kappa shape index (κ3) is 1.98. The Labute approximate surface area is 57.8 Å². The minimum Gasteiger partial charge on any atom is -0.308 e. The number of rotatable bonds is 4. The van der Waals surface area contributed by atoms with Gasteiger partial charge in [-0.15, -0.1) is 0 Å². The quantitative estimate of drug-likeness (QED) is 0.573. The summed E-state index contributed by atoms with van der Waals surface area (Å²) in [6.45, 7) is 4.51. The summed E-state index contributed by atoms with van der Waals surface area (Å²) in [7, 11) is 0. The van der Waals surface area contributed by atoms with Crippen LogP contribution in [0.4, 0.5) is 0 Å². The Morgan fingerprint density at radius 1 is 1.22 bits per heavy atom. The maximum absolute atomic E-state index is 3.45. The van der Waals surface area contributed by atoms with Crippen molar-refractivity contribution in [3.8, 4) is 0 Å². The van der Waals surface area contributed by atoms with Crippen LogP contribution >= 0.6 is 0 Å². The summed E-state index contributed by atoms with van der Waals surface area (Å²) >= 11 is 0. The van der Waals surface area contributed by atoms with Crippen LogP contribution in [0, 0.1) is 0 Å². The van der Waals surface area contributed by atoms with Crippen molar-refractivity contribution < 1.29 is 0 Å². The number of hydrogen-bond acceptors (Lipinski definition) is 1. The van der Waals surface area contributed by atoms with E-state index in [0.717, 1.165) is 12.1 Å². The topological polar surface area (TPSA) is 21.9 Å². The summed E-state index contributed by atoms with van der Waals surface area (Å²) < 4.78 is 0. The van der Waals surface area contributed by atoms with Crippen LogP contribution in [0.5, 0.6) is 0 Å². The molecule has 0 aliphatic carbocycles. The van der Waals surface area contributed by atoms with Gasteiger partial charge in [-0.3, -0.25) is 0 Å². The van der Waals surface area contributed by atoms with Gasteiger partial charge >= 0.3 is 0 Å². The highest BCUT2D eigenvalue weighted by Gasteiger charge is 2.32. The molecule has 1 heteroatoms. The van der Waals surface area contributed by atoms with Gasteiger partial charge in [0.15, 0.2) is 0 Å². The molecule has 1 aliphatic rings. The molecule has 0 amide bonds. The van der Waals surface area contributed by atoms with E-state index in [4.69, 9.17) is 0 Å². The standard InChI is InChI=1S/C8H17N/c1-3-5-6-8-7(4-2)9-8/h7-9H,3-6H2,1-2H3. The van der Waals surface area contributed by atoms with E-state index in [1.54, 1.807) is 0 Å². The molecule has 0 saturated carbocycles. The van der Waals surface area contributed by atoms with E-state index in [-0.39, 0.29) is 0 Å². The molecule has 2 atom stereocenters. The van der Waals surface area contributed by atoms with Gasteiger partial charge in [0.05, 0.1) is 0 Å². The Hall–Kier alpha value is -0.0400. The summed E-state index contributed by atoms with van der Waals surface area (Å²) in [5.74, 6) is 0. The summed E-state index contributed by atoms with van der Waals surface area (Å²) in [5, 5.41) is 3.45. The minimum absolute atomic E-state index is 0.872. The van der Waals surface area contributed by atoms with Gasteiger partial charge in [0.2, 0.25) is 0 Å². The monoisotopic (exact) mass is 127 g/mol. The van der Waals surface area contributed by atoms with Crippen molar-refractivity contribution in [3.05, 3.63) is 0 Å². The van der Waals surface area contributed by atoms with Crippen molar-refractivity contribution in [1.29, 1.82) is 0 Å². The fourth-order valence-corrected chi connectivity index (χ4v) is 1.33. The van der Waals surface area contributed by atoms with Crippen molar-refractivity contribution in [2.45, 2.75) is 51.6 Å². The SMILES string of the molecule is CCCCC1NC1CC. The van der Waals surface area contributed by atoms with Crippen LogP contribution in [0.15, 0.2) is 0 Å². The molecule has 0 radical (unpaired) electrons. The van der Waals surface area contributed by atoms with Gasteiger partial charge in [0, 0.05) is 12.1 Å². The second-order valence-electron chi connectivity index (χ2n) is 2.93. The molecule has 1 fully saturated rings. The average Bonchev–Trinajstić information content (AvgIpc) is 2.62. The normalized spacial score (nSPS) is 32.7. The third-order valence-electron chi connectivity index (χ3n) is 2.11. The van der Waals surface area contributed by atoms with Crippen LogP contribution in [0.2, 0.25) is 0 Å². The molecule has 1 saturated heterocycles. The first-order valence-corrected chi connectivity index (χ1v) is 4.14. The van der Waals surface area contributed by atoms with E-state index in [0.29, 0.717) is 0 Å². The lowest BCUT2D eigenvalue weighted by molar-refractivity contribution is 0.687. The molecule has 0 aromatic carbocycles. The minimum atomic E-state index is 0.872. The molecule has 9 heavy (non-hydrogen) atoms. The van der Waals surface area contributed by atoms with Crippen LogP contribution in [0.3, 0.4) is 0 Å². The average molecular weight is 127 g/mol. The number of unbranched alkanes of at least 4 members (excludes halogenated alkanes) is 1. The molecule has 1 N–H and O–H groups in total. The first-order valence-electron chi connectivity index (χ1n) is 4.14. The second-order valence-corrected chi connectivity index (χ2v) is 2.93. The predicted octanol–water partition coefficient (Wildman–Crippen LogP) is 1.93. The number of hydrogen-bond donors (Lipinski definition) is 1. The van der Waals surface area contributed by atoms with Crippen LogP contribution in [-0.2, 0) is 0 Å². The first kappa shape index (κ1) is 7.07. The Bertz CT molecular complexity index is 80.6. The van der Waals surface area contributed by atoms with E-state index in [9.17, 15) is 0 Å². The fraction of sp³-hybridized carbons (Fsp3) is 1.00. The van der Waals surface area contributed by atoms with E-state index < -0.39 is 0 Å². The van der Waals surface area contributed by atoms with Crippen molar-refractivity contribution in [2.24, 2.45) is 0 Å². The maximum Gasteiger partial charge on any atom is 0.0224 e. The molecule has 1 aliphatic heterocycles. The van der Waals surface area contributed by atoms with E-state index in [2.05, 4.69) is 19.2 Å². The fourth-order valence-electron chi connectivity index (χ4n) is 1.33. The first-order chi connectivity index (χ1) is 4.38. The molecular weight excluding hydrogens is 110 g/mol. The Morgan fingerprint density at radius 2 is 2.00 bits per heavy atom. The summed E-state index contributed by atoms with van der Waals surface area (Å²) in [5.41, 5.74) is 0. The van der Waals surface area contributed by atoms with Gasteiger partial charge in [-0.2, -0.15) is 0 Å². The second kappa shape index (κ2) is 3.21. The molecule has 0 aromatic heterocycles. The van der Waals surface area contributed by atoms with Crippen molar-refractivity contribution >= 4 is 0 Å². The summed E-state index contributed by atoms with van der Waals surface area (Å²) in [6, 6.07) is 1.76. The zero-order chi connectivity index (χ0) is 6.69. The van der Waals surface area contributed by atoms with Gasteiger partial charge in [0.1, 0.15) is 0 Å². The zero-order valence-electron chi connectivity index (χ0n) is 6.48. The van der Waals surface area contributed by atoms with Gasteiger partial charge < -0.3 is 5.32 Å². The lowest BCUT2D eigenvalue weighted by Crippen LogP contribution is -1.91. The number of nitrogens with one attached hydrogen (secondary N) is 1. The van der Waals surface area contributed by atoms with Crippen LogP contribution in [0.25, 0.3) is 0 Å². The molecule has 54 valence electrons. The molecular formula is C8H17N. The third-order valence-corrected chi connectivity index (χ3v) is 2.11. The molecule has 0 aromatic rings. The molecule has 1 nitrogen and oxygen atoms in total. The van der Waals surface area contributed by atoms with Crippen LogP contribution in [0.1, 0.15) is 39.5 Å². The summed E-state index contributed by atoms with van der Waals surface area (Å²) in [6.07, 6.45) is 5.45. The zero-order valence-corrected chi connectivity index (χ0v) is 6.48. The highest BCUT2D eigenvalue weighted by Crippen LogP contribution is 2.19. The van der Waals surface area contributed by atoms with E-state index >= 15 is 0 Å². The molecule has 0 spiro atoms. The molecule has 0 bridgehead atoms. The van der Waals surface area contributed by atoms with Crippen LogP contribution < -0.4 is 5.32 Å². The van der Waals surface area contributed by atoms with Gasteiger partial charge in [0.25, 0.3) is 0 Å². The largest absolute Gasteiger partial charge is 0.308 e. The van der Waals surface area contributed by atoms with E-state index in [1.165, 1.54) is 25.7 Å². The van der Waals surface area contributed by atoms with Crippen molar-refractivity contribution in [3.63, 3.8) is 0 Å². The smallest absolute Gasteiger partial charge is 0.0224 e. The van der Waals surface area contributed by atoms with Gasteiger partial charge in [-0.25, -0.2) is 0 Å². The Kier molecular flexibility index (Phi) is 2.52. The van der Waals surface area contributed by atoms with Crippen molar-refractivity contribution in [1.82, 2.24) is 5.32 Å². The highest BCUT2D eigenvalue weighted by molar-refractivity contribution is 4.96.